The van der Waals surface area contributed by atoms with Crippen LogP contribution >= 0.6 is 23.7 Å². The maximum atomic E-state index is 13.9. The molecule has 1 amide bonds. The third kappa shape index (κ3) is 5.99. The third-order valence-corrected chi connectivity index (χ3v) is 5.70. The maximum absolute atomic E-state index is 13.9. The normalized spacial score (nSPS) is 10.7. The number of para-hydroxylation sites is 1. The quantitative estimate of drug-likeness (QED) is 0.430. The molecule has 0 saturated heterocycles. The number of halogens is 2. The SMILES string of the molecule is COc1ccc(OC)c2sc(N(CCCN(C)C)C(=O)COc3ccccc3F)nc12.Cl. The van der Waals surface area contributed by atoms with Gasteiger partial charge in [-0.3, -0.25) is 9.69 Å². The number of ether oxygens (including phenoxy) is 3. The van der Waals surface area contributed by atoms with Crippen LogP contribution in [0, 0.1) is 5.82 Å². The molecule has 1 heterocycles. The smallest absolute Gasteiger partial charge is 0.266 e. The first kappa shape index (κ1) is 25.6. The molecule has 0 aliphatic heterocycles. The van der Waals surface area contributed by atoms with E-state index in [9.17, 15) is 9.18 Å². The summed E-state index contributed by atoms with van der Waals surface area (Å²) in [5.41, 5.74) is 0.627. The zero-order valence-electron chi connectivity index (χ0n) is 18.5. The molecule has 0 unspecified atom stereocenters. The van der Waals surface area contributed by atoms with Gasteiger partial charge in [0, 0.05) is 6.54 Å². The van der Waals surface area contributed by atoms with Gasteiger partial charge in [-0.05, 0) is 51.3 Å². The molecule has 0 N–H and O–H groups in total. The van der Waals surface area contributed by atoms with Crippen molar-refractivity contribution in [3.8, 4) is 17.2 Å². The first-order valence-corrected chi connectivity index (χ1v) is 10.6. The minimum atomic E-state index is -0.510. The van der Waals surface area contributed by atoms with Crippen LogP contribution in [0.2, 0.25) is 0 Å². The van der Waals surface area contributed by atoms with Crippen LogP contribution in [-0.2, 0) is 4.79 Å². The van der Waals surface area contributed by atoms with Crippen LogP contribution in [0.5, 0.6) is 17.2 Å². The summed E-state index contributed by atoms with van der Waals surface area (Å²) in [6.45, 7) is 0.949. The molecular formula is C22H27ClFN3O4S. The molecule has 0 aliphatic rings. The van der Waals surface area contributed by atoms with Gasteiger partial charge in [0.1, 0.15) is 21.7 Å². The van der Waals surface area contributed by atoms with E-state index in [1.54, 1.807) is 37.3 Å². The number of nitrogens with zero attached hydrogens (tertiary/aromatic N) is 3. The van der Waals surface area contributed by atoms with Crippen LogP contribution < -0.4 is 19.1 Å². The van der Waals surface area contributed by atoms with Crippen LogP contribution in [0.4, 0.5) is 9.52 Å². The number of thiazole rings is 1. The third-order valence-electron chi connectivity index (χ3n) is 4.61. The molecule has 3 rings (SSSR count). The Morgan fingerprint density at radius 2 is 1.72 bits per heavy atom. The molecular weight excluding hydrogens is 457 g/mol. The number of anilines is 1. The number of methoxy groups -OCH3 is 2. The summed E-state index contributed by atoms with van der Waals surface area (Å²) in [5, 5.41) is 0.513. The van der Waals surface area contributed by atoms with Gasteiger partial charge in [-0.2, -0.15) is 0 Å². The van der Waals surface area contributed by atoms with E-state index in [-0.39, 0.29) is 30.7 Å². The van der Waals surface area contributed by atoms with E-state index in [4.69, 9.17) is 14.2 Å². The topological polar surface area (TPSA) is 64.1 Å². The first-order valence-electron chi connectivity index (χ1n) is 9.78. The Balaban J connectivity index is 0.00000363. The van der Waals surface area contributed by atoms with Crippen molar-refractivity contribution in [1.82, 2.24) is 9.88 Å². The summed E-state index contributed by atoms with van der Waals surface area (Å²) >= 11 is 1.34. The lowest BCUT2D eigenvalue weighted by atomic mass is 10.3. The second kappa shape index (κ2) is 11.8. The highest BCUT2D eigenvalue weighted by atomic mass is 35.5. The molecule has 0 aliphatic carbocycles. The minimum Gasteiger partial charge on any atom is -0.495 e. The number of carbonyl (C=O) groups is 1. The lowest BCUT2D eigenvalue weighted by Crippen LogP contribution is -2.37. The van der Waals surface area contributed by atoms with Crippen LogP contribution in [-0.4, -0.2) is 63.8 Å². The van der Waals surface area contributed by atoms with Crippen LogP contribution in [0.15, 0.2) is 36.4 Å². The van der Waals surface area contributed by atoms with Crippen molar-refractivity contribution >= 4 is 45.0 Å². The van der Waals surface area contributed by atoms with Crippen molar-refractivity contribution in [2.75, 3.05) is 52.9 Å². The van der Waals surface area contributed by atoms with Crippen molar-refractivity contribution in [3.63, 3.8) is 0 Å². The summed E-state index contributed by atoms with van der Waals surface area (Å²) in [6.07, 6.45) is 0.739. The Bertz CT molecular complexity index is 1010. The summed E-state index contributed by atoms with van der Waals surface area (Å²) in [4.78, 5) is 21.3. The van der Waals surface area contributed by atoms with E-state index in [1.165, 1.54) is 23.5 Å². The molecule has 0 spiro atoms. The van der Waals surface area contributed by atoms with Gasteiger partial charge >= 0.3 is 0 Å². The molecule has 0 fully saturated rings. The van der Waals surface area contributed by atoms with E-state index in [0.717, 1.165) is 17.7 Å². The van der Waals surface area contributed by atoms with Crippen LogP contribution in [0.25, 0.3) is 10.2 Å². The number of amides is 1. The minimum absolute atomic E-state index is 0. The average molecular weight is 484 g/mol. The van der Waals surface area contributed by atoms with Crippen LogP contribution in [0.3, 0.4) is 0 Å². The van der Waals surface area contributed by atoms with Gasteiger partial charge in [0.05, 0.1) is 14.2 Å². The fourth-order valence-electron chi connectivity index (χ4n) is 3.04. The van der Waals surface area contributed by atoms with Crippen molar-refractivity contribution in [3.05, 3.63) is 42.2 Å². The van der Waals surface area contributed by atoms with E-state index in [2.05, 4.69) is 4.98 Å². The second-order valence-electron chi connectivity index (χ2n) is 7.07. The van der Waals surface area contributed by atoms with Gasteiger partial charge in [0.15, 0.2) is 23.3 Å². The van der Waals surface area contributed by atoms with Crippen molar-refractivity contribution in [2.24, 2.45) is 0 Å². The van der Waals surface area contributed by atoms with Crippen molar-refractivity contribution in [1.29, 1.82) is 0 Å². The van der Waals surface area contributed by atoms with Crippen LogP contribution in [0.1, 0.15) is 6.42 Å². The summed E-state index contributed by atoms with van der Waals surface area (Å²) in [5.74, 6) is 0.476. The fraction of sp³-hybridized carbons (Fsp3) is 0.364. The predicted molar refractivity (Wildman–Crippen MR) is 127 cm³/mol. The van der Waals surface area contributed by atoms with Gasteiger partial charge in [0.25, 0.3) is 5.91 Å². The Morgan fingerprint density at radius 1 is 1.03 bits per heavy atom. The van der Waals surface area contributed by atoms with Crippen molar-refractivity contribution in [2.45, 2.75) is 6.42 Å². The largest absolute Gasteiger partial charge is 0.495 e. The molecule has 2 aromatic carbocycles. The second-order valence-corrected chi connectivity index (χ2v) is 8.04. The number of rotatable bonds is 10. The molecule has 3 aromatic rings. The van der Waals surface area contributed by atoms with E-state index in [0.29, 0.717) is 28.7 Å². The monoisotopic (exact) mass is 483 g/mol. The lowest BCUT2D eigenvalue weighted by Gasteiger charge is -2.21. The Hall–Kier alpha value is -2.62. The standard InChI is InChI=1S/C22H26FN3O4S.ClH/c1-25(2)12-7-13-26(19(27)14-30-16-9-6-5-8-15(16)23)22-24-20-17(28-3)10-11-18(29-4)21(20)31-22;/h5-6,8-11H,7,12-14H2,1-4H3;1H. The number of carbonyl (C=O) groups excluding carboxylic acids is 1. The number of fused-ring (bicyclic) bond motifs is 1. The molecule has 0 saturated carbocycles. The highest BCUT2D eigenvalue weighted by Gasteiger charge is 2.23. The molecule has 0 radical (unpaired) electrons. The summed E-state index contributed by atoms with van der Waals surface area (Å²) < 4.78 is 31.0. The van der Waals surface area contributed by atoms with Gasteiger partial charge < -0.3 is 19.1 Å². The number of benzene rings is 2. The van der Waals surface area contributed by atoms with Gasteiger partial charge in [0.2, 0.25) is 0 Å². The highest BCUT2D eigenvalue weighted by molar-refractivity contribution is 7.22. The first-order chi connectivity index (χ1) is 14.9. The van der Waals surface area contributed by atoms with E-state index < -0.39 is 5.82 Å². The molecule has 174 valence electrons. The molecule has 10 heteroatoms. The lowest BCUT2D eigenvalue weighted by molar-refractivity contribution is -0.120. The Labute approximate surface area is 197 Å². The zero-order chi connectivity index (χ0) is 22.4. The number of aromatic nitrogens is 1. The summed E-state index contributed by atoms with van der Waals surface area (Å²) in [7, 11) is 7.10. The van der Waals surface area contributed by atoms with E-state index in [1.807, 2.05) is 25.1 Å². The zero-order valence-corrected chi connectivity index (χ0v) is 20.1. The Kier molecular flexibility index (Phi) is 9.49. The number of hydrogen-bond acceptors (Lipinski definition) is 7. The van der Waals surface area contributed by atoms with Gasteiger partial charge in [-0.25, -0.2) is 9.37 Å². The Morgan fingerprint density at radius 3 is 2.38 bits per heavy atom. The fourth-order valence-corrected chi connectivity index (χ4v) is 4.16. The van der Waals surface area contributed by atoms with Crippen molar-refractivity contribution < 1.29 is 23.4 Å². The molecule has 1 aromatic heterocycles. The summed E-state index contributed by atoms with van der Waals surface area (Å²) in [6, 6.07) is 9.60. The van der Waals surface area contributed by atoms with Gasteiger partial charge in [-0.1, -0.05) is 23.5 Å². The maximum Gasteiger partial charge on any atom is 0.266 e. The highest BCUT2D eigenvalue weighted by Crippen LogP contribution is 2.40. The van der Waals surface area contributed by atoms with Gasteiger partial charge in [-0.15, -0.1) is 12.4 Å². The predicted octanol–water partition coefficient (Wildman–Crippen LogP) is 4.24. The average Bonchev–Trinajstić information content (AvgIpc) is 3.20. The number of hydrogen-bond donors (Lipinski definition) is 0. The molecule has 0 bridgehead atoms. The molecule has 32 heavy (non-hydrogen) atoms. The molecule has 7 nitrogen and oxygen atoms in total. The van der Waals surface area contributed by atoms with E-state index >= 15 is 0 Å². The molecule has 0 atom stereocenters.